The van der Waals surface area contributed by atoms with E-state index in [1.54, 1.807) is 0 Å². The Balaban J connectivity index is 2.29. The summed E-state index contributed by atoms with van der Waals surface area (Å²) >= 11 is 1.26. The van der Waals surface area contributed by atoms with Crippen LogP contribution in [0, 0.1) is 0 Å². The molecule has 0 aliphatic heterocycles. The molecule has 1 aromatic heterocycles. The zero-order chi connectivity index (χ0) is 14.8. The molecule has 1 aromatic rings. The highest BCUT2D eigenvalue weighted by Gasteiger charge is 2.29. The third-order valence-corrected chi connectivity index (χ3v) is 4.54. The lowest BCUT2D eigenvalue weighted by molar-refractivity contribution is -0.133. The zero-order valence-electron chi connectivity index (χ0n) is 12.4. The number of aliphatic carboxylic acids is 1. The first-order valence-corrected chi connectivity index (χ1v) is 8.18. The number of carbonyl (C=O) groups is 1. The lowest BCUT2D eigenvalue weighted by Gasteiger charge is -2.29. The van der Waals surface area contributed by atoms with Gasteiger partial charge in [-0.15, -0.1) is 10.2 Å². The van der Waals surface area contributed by atoms with Gasteiger partial charge in [0.25, 0.3) is 0 Å². The molecule has 20 heavy (non-hydrogen) atoms. The Morgan fingerprint density at radius 3 is 2.50 bits per heavy atom. The molecule has 2 rings (SSSR count). The molecule has 1 aliphatic rings. The van der Waals surface area contributed by atoms with E-state index in [9.17, 15) is 4.79 Å². The third-order valence-electron chi connectivity index (χ3n) is 3.62. The van der Waals surface area contributed by atoms with E-state index >= 15 is 0 Å². The summed E-state index contributed by atoms with van der Waals surface area (Å²) in [6.07, 6.45) is 6.13. The summed E-state index contributed by atoms with van der Waals surface area (Å²) in [4.78, 5) is 10.8. The fourth-order valence-electron chi connectivity index (χ4n) is 2.76. The standard InChI is InChI=1S/C14H23N3O2S/c1-14(2,3)17-12(10-7-5-4-6-8-10)15-16-13(17)20-9-11(18)19/h10H,4-9H2,1-3H3,(H,18,19). The molecule has 0 atom stereocenters. The van der Waals surface area contributed by atoms with E-state index in [-0.39, 0.29) is 11.3 Å². The third kappa shape index (κ3) is 3.53. The van der Waals surface area contributed by atoms with Crippen LogP contribution < -0.4 is 0 Å². The predicted molar refractivity (Wildman–Crippen MR) is 79.2 cm³/mol. The highest BCUT2D eigenvalue weighted by molar-refractivity contribution is 7.99. The highest BCUT2D eigenvalue weighted by Crippen LogP contribution is 2.36. The van der Waals surface area contributed by atoms with Crippen LogP contribution in [0.3, 0.4) is 0 Å². The lowest BCUT2D eigenvalue weighted by atomic mass is 9.88. The average Bonchev–Trinajstić information content (AvgIpc) is 2.81. The molecule has 0 saturated heterocycles. The van der Waals surface area contributed by atoms with Crippen molar-refractivity contribution in [1.29, 1.82) is 0 Å². The fraction of sp³-hybridized carbons (Fsp3) is 0.786. The number of carboxylic acid groups (broad SMARTS) is 1. The second-order valence-corrected chi connectivity index (χ2v) is 7.31. The van der Waals surface area contributed by atoms with Crippen molar-refractivity contribution in [2.75, 3.05) is 5.75 Å². The molecule has 112 valence electrons. The molecule has 0 aromatic carbocycles. The second kappa shape index (κ2) is 6.16. The van der Waals surface area contributed by atoms with E-state index in [1.165, 1.54) is 31.0 Å². The molecule has 1 aliphatic carbocycles. The molecule has 1 N–H and O–H groups in total. The Morgan fingerprint density at radius 1 is 1.30 bits per heavy atom. The molecule has 1 saturated carbocycles. The van der Waals surface area contributed by atoms with Crippen molar-refractivity contribution in [2.24, 2.45) is 0 Å². The Hall–Kier alpha value is -1.04. The number of hydrogen-bond donors (Lipinski definition) is 1. The van der Waals surface area contributed by atoms with Gasteiger partial charge in [-0.05, 0) is 33.6 Å². The van der Waals surface area contributed by atoms with Crippen LogP contribution in [0.15, 0.2) is 5.16 Å². The molecule has 6 heteroatoms. The molecule has 1 heterocycles. The first-order chi connectivity index (χ1) is 9.39. The zero-order valence-corrected chi connectivity index (χ0v) is 13.2. The van der Waals surface area contributed by atoms with Gasteiger partial charge in [0.15, 0.2) is 5.16 Å². The number of aromatic nitrogens is 3. The summed E-state index contributed by atoms with van der Waals surface area (Å²) in [6, 6.07) is 0. The van der Waals surface area contributed by atoms with Gasteiger partial charge in [-0.3, -0.25) is 4.79 Å². The maximum Gasteiger partial charge on any atom is 0.313 e. The number of hydrogen-bond acceptors (Lipinski definition) is 4. The van der Waals surface area contributed by atoms with E-state index in [0.717, 1.165) is 23.8 Å². The monoisotopic (exact) mass is 297 g/mol. The smallest absolute Gasteiger partial charge is 0.313 e. The van der Waals surface area contributed by atoms with Gasteiger partial charge < -0.3 is 9.67 Å². The topological polar surface area (TPSA) is 68.0 Å². The normalized spacial score (nSPS) is 17.4. The van der Waals surface area contributed by atoms with Gasteiger partial charge in [0, 0.05) is 11.5 Å². The van der Waals surface area contributed by atoms with Crippen molar-refractivity contribution in [3.05, 3.63) is 5.82 Å². The van der Waals surface area contributed by atoms with Crippen LogP contribution in [0.2, 0.25) is 0 Å². The van der Waals surface area contributed by atoms with Crippen molar-refractivity contribution >= 4 is 17.7 Å². The van der Waals surface area contributed by atoms with Crippen molar-refractivity contribution in [1.82, 2.24) is 14.8 Å². The summed E-state index contributed by atoms with van der Waals surface area (Å²) in [5.41, 5.74) is -0.128. The number of carboxylic acids is 1. The molecule has 0 radical (unpaired) electrons. The minimum Gasteiger partial charge on any atom is -0.481 e. The maximum atomic E-state index is 10.8. The number of thioether (sulfide) groups is 1. The summed E-state index contributed by atoms with van der Waals surface area (Å²) in [7, 11) is 0. The first-order valence-electron chi connectivity index (χ1n) is 7.20. The average molecular weight is 297 g/mol. The Morgan fingerprint density at radius 2 is 1.95 bits per heavy atom. The van der Waals surface area contributed by atoms with Gasteiger partial charge in [0.05, 0.1) is 5.75 Å². The Labute approximate surface area is 124 Å². The summed E-state index contributed by atoms with van der Waals surface area (Å²) in [5.74, 6) is 0.705. The fourth-order valence-corrected chi connectivity index (χ4v) is 3.60. The van der Waals surface area contributed by atoms with E-state index < -0.39 is 5.97 Å². The van der Waals surface area contributed by atoms with E-state index in [2.05, 4.69) is 35.5 Å². The van der Waals surface area contributed by atoms with E-state index in [0.29, 0.717) is 5.92 Å². The van der Waals surface area contributed by atoms with Gasteiger partial charge >= 0.3 is 5.97 Å². The summed E-state index contributed by atoms with van der Waals surface area (Å²) in [5, 5.41) is 18.2. The van der Waals surface area contributed by atoms with Gasteiger partial charge in [0.2, 0.25) is 0 Å². The molecule has 0 amide bonds. The summed E-state index contributed by atoms with van der Waals surface area (Å²) < 4.78 is 2.14. The van der Waals surface area contributed by atoms with Gasteiger partial charge in [-0.1, -0.05) is 31.0 Å². The van der Waals surface area contributed by atoms with Crippen LogP contribution in [0.1, 0.15) is 64.6 Å². The Kier molecular flexibility index (Phi) is 4.73. The van der Waals surface area contributed by atoms with Crippen LogP contribution >= 0.6 is 11.8 Å². The molecule has 0 bridgehead atoms. The molecule has 0 spiro atoms. The van der Waals surface area contributed by atoms with Gasteiger partial charge in [0.1, 0.15) is 5.82 Å². The predicted octanol–water partition coefficient (Wildman–Crippen LogP) is 3.26. The van der Waals surface area contributed by atoms with Crippen molar-refractivity contribution in [3.63, 3.8) is 0 Å². The molecular weight excluding hydrogens is 274 g/mol. The number of rotatable bonds is 4. The van der Waals surface area contributed by atoms with Gasteiger partial charge in [-0.2, -0.15) is 0 Å². The van der Waals surface area contributed by atoms with Crippen LogP contribution in [0.25, 0.3) is 0 Å². The summed E-state index contributed by atoms with van der Waals surface area (Å²) in [6.45, 7) is 6.36. The van der Waals surface area contributed by atoms with Crippen molar-refractivity contribution in [3.8, 4) is 0 Å². The lowest BCUT2D eigenvalue weighted by Crippen LogP contribution is -2.27. The maximum absolute atomic E-state index is 10.8. The van der Waals surface area contributed by atoms with Gasteiger partial charge in [-0.25, -0.2) is 0 Å². The van der Waals surface area contributed by atoms with Crippen LogP contribution in [-0.2, 0) is 10.3 Å². The second-order valence-electron chi connectivity index (χ2n) is 6.36. The molecule has 0 unspecified atom stereocenters. The molecule has 1 fully saturated rings. The molecule has 5 nitrogen and oxygen atoms in total. The minimum atomic E-state index is -0.822. The number of nitrogens with zero attached hydrogens (tertiary/aromatic N) is 3. The van der Waals surface area contributed by atoms with Crippen LogP contribution in [0.4, 0.5) is 0 Å². The van der Waals surface area contributed by atoms with E-state index in [4.69, 9.17) is 5.11 Å². The van der Waals surface area contributed by atoms with Crippen LogP contribution in [0.5, 0.6) is 0 Å². The first kappa shape index (κ1) is 15.4. The van der Waals surface area contributed by atoms with E-state index in [1.807, 2.05) is 0 Å². The van der Waals surface area contributed by atoms with Crippen LogP contribution in [-0.4, -0.2) is 31.6 Å². The van der Waals surface area contributed by atoms with Crippen molar-refractivity contribution in [2.45, 2.75) is 69.5 Å². The SMILES string of the molecule is CC(C)(C)n1c(SCC(=O)O)nnc1C1CCCCC1. The Bertz CT molecular complexity index is 473. The quantitative estimate of drug-likeness (QED) is 0.864. The molecular formula is C14H23N3O2S. The largest absolute Gasteiger partial charge is 0.481 e. The van der Waals surface area contributed by atoms with Crippen molar-refractivity contribution < 1.29 is 9.90 Å². The highest BCUT2D eigenvalue weighted by atomic mass is 32.2. The minimum absolute atomic E-state index is 0.0267.